The van der Waals surface area contributed by atoms with Gasteiger partial charge in [-0.15, -0.1) is 0 Å². The zero-order valence-corrected chi connectivity index (χ0v) is 45.6. The fourth-order valence-electron chi connectivity index (χ4n) is 9.05. The molecule has 0 N–H and O–H groups in total. The number of carbonyl (C=O) groups is 1. The largest absolute Gasteiger partial charge is 0.377 e. The molecule has 0 fully saturated rings. The standard InChI is InChI=1S/C34H52O2.C33H50O3/c1-32(22-14-8-4-2-6-10-20-28-35-30-33-24-16-12-17-25-33)23-15-9-5-3-7-11-21-29-36-31-34-26-18-13-19-27-34;34-33(25-17-7-3-1-5-9-19-27-35-29-31-21-13-11-14-22-31)26-18-8-4-2-6-10-20-28-36-30-32-23-15-12-16-24-32/h12-13,16-19,24-27H,1-11,14-15,20-23,28-31H2;11-16,21-24H,1-10,17-20,25-30H2. The van der Waals surface area contributed by atoms with Gasteiger partial charge in [0.25, 0.3) is 0 Å². The highest BCUT2D eigenvalue weighted by atomic mass is 16.5. The smallest absolute Gasteiger partial charge is 0.132 e. The third-order valence-electron chi connectivity index (χ3n) is 13.6. The Labute approximate surface area is 441 Å². The van der Waals surface area contributed by atoms with Crippen molar-refractivity contribution in [2.75, 3.05) is 26.4 Å². The molecule has 5 nitrogen and oxygen atoms in total. The summed E-state index contributed by atoms with van der Waals surface area (Å²) in [6.45, 7) is 10.7. The molecule has 0 saturated carbocycles. The Morgan fingerprint density at radius 2 is 0.458 bits per heavy atom. The number of allylic oxidation sites excluding steroid dienone is 1. The van der Waals surface area contributed by atoms with Gasteiger partial charge in [0.05, 0.1) is 26.4 Å². The van der Waals surface area contributed by atoms with Crippen LogP contribution < -0.4 is 0 Å². The van der Waals surface area contributed by atoms with E-state index in [1.807, 2.05) is 12.1 Å². The van der Waals surface area contributed by atoms with Gasteiger partial charge in [-0.25, -0.2) is 0 Å². The fourth-order valence-corrected chi connectivity index (χ4v) is 9.05. The molecule has 0 saturated heterocycles. The number of ether oxygens (including phenoxy) is 4. The van der Waals surface area contributed by atoms with Crippen LogP contribution in [0.5, 0.6) is 0 Å². The van der Waals surface area contributed by atoms with E-state index < -0.39 is 0 Å². The molecule has 4 rings (SSSR count). The zero-order valence-electron chi connectivity index (χ0n) is 45.6. The summed E-state index contributed by atoms with van der Waals surface area (Å²) in [5, 5.41) is 0. The van der Waals surface area contributed by atoms with Gasteiger partial charge in [-0.1, -0.05) is 262 Å². The molecule has 400 valence electrons. The van der Waals surface area contributed by atoms with Gasteiger partial charge in [-0.2, -0.15) is 0 Å². The molecule has 4 aromatic rings. The van der Waals surface area contributed by atoms with Crippen molar-refractivity contribution in [2.45, 2.75) is 232 Å². The van der Waals surface area contributed by atoms with E-state index in [4.69, 9.17) is 18.9 Å². The minimum absolute atomic E-state index is 0.473. The number of carbonyl (C=O) groups excluding carboxylic acids is 1. The monoisotopic (exact) mass is 987 g/mol. The van der Waals surface area contributed by atoms with Gasteiger partial charge in [0.1, 0.15) is 5.78 Å². The predicted octanol–water partition coefficient (Wildman–Crippen LogP) is 19.4. The Morgan fingerprint density at radius 3 is 0.694 bits per heavy atom. The highest BCUT2D eigenvalue weighted by Crippen LogP contribution is 2.18. The molecular weight excluding hydrogens is 885 g/mol. The van der Waals surface area contributed by atoms with Gasteiger partial charge in [0.2, 0.25) is 0 Å². The third kappa shape index (κ3) is 39.6. The van der Waals surface area contributed by atoms with Crippen LogP contribution in [-0.2, 0) is 50.2 Å². The first-order chi connectivity index (χ1) is 35.7. The SMILES string of the molecule is C=C(CCCCCCCCCOCc1ccccc1)CCCCCCCCCOCc1ccccc1.O=C(CCCCCCCCCOCc1ccccc1)CCCCCCCCCOCc1ccccc1. The summed E-state index contributed by atoms with van der Waals surface area (Å²) in [5.41, 5.74) is 6.51. The molecule has 0 aliphatic heterocycles. The number of Topliss-reactive ketones (excluding diaryl/α,β-unsaturated/α-hetero) is 1. The Hall–Kier alpha value is -3.87. The Kier molecular flexibility index (Phi) is 41.7. The van der Waals surface area contributed by atoms with E-state index in [0.29, 0.717) is 5.78 Å². The van der Waals surface area contributed by atoms with Crippen molar-refractivity contribution in [1.82, 2.24) is 0 Å². The molecule has 0 aliphatic rings. The van der Waals surface area contributed by atoms with Crippen molar-refractivity contribution >= 4 is 5.78 Å². The van der Waals surface area contributed by atoms with Crippen molar-refractivity contribution in [3.05, 3.63) is 156 Å². The van der Waals surface area contributed by atoms with Gasteiger partial charge in [0, 0.05) is 39.3 Å². The number of hydrogen-bond donors (Lipinski definition) is 0. The van der Waals surface area contributed by atoms with Crippen molar-refractivity contribution < 1.29 is 23.7 Å². The van der Waals surface area contributed by atoms with Gasteiger partial charge >= 0.3 is 0 Å². The van der Waals surface area contributed by atoms with Crippen molar-refractivity contribution in [2.24, 2.45) is 0 Å². The summed E-state index contributed by atoms with van der Waals surface area (Å²) in [6.07, 6.45) is 39.5. The normalized spacial score (nSPS) is 11.1. The number of ketones is 1. The van der Waals surface area contributed by atoms with Crippen LogP contribution in [0, 0.1) is 0 Å². The van der Waals surface area contributed by atoms with Crippen LogP contribution in [-0.4, -0.2) is 32.2 Å². The van der Waals surface area contributed by atoms with Crippen LogP contribution in [0.4, 0.5) is 0 Å². The Morgan fingerprint density at radius 1 is 0.264 bits per heavy atom. The third-order valence-corrected chi connectivity index (χ3v) is 13.6. The van der Waals surface area contributed by atoms with E-state index in [0.717, 1.165) is 91.4 Å². The Balaban J connectivity index is 0.000000380. The van der Waals surface area contributed by atoms with Gasteiger partial charge in [0.15, 0.2) is 0 Å². The molecular formula is C67H102O5. The molecule has 0 spiro atoms. The number of benzene rings is 4. The summed E-state index contributed by atoms with van der Waals surface area (Å²) >= 11 is 0. The average molecular weight is 988 g/mol. The Bertz CT molecular complexity index is 1490. The van der Waals surface area contributed by atoms with Gasteiger partial charge < -0.3 is 18.9 Å². The molecule has 0 aliphatic carbocycles. The van der Waals surface area contributed by atoms with Crippen LogP contribution in [0.3, 0.4) is 0 Å². The molecule has 4 aromatic carbocycles. The lowest BCUT2D eigenvalue weighted by molar-refractivity contribution is -0.119. The van der Waals surface area contributed by atoms with Crippen molar-refractivity contribution in [1.29, 1.82) is 0 Å². The van der Waals surface area contributed by atoms with Crippen LogP contribution >= 0.6 is 0 Å². The summed E-state index contributed by atoms with van der Waals surface area (Å²) in [5.74, 6) is 0.473. The topological polar surface area (TPSA) is 54.0 Å². The minimum Gasteiger partial charge on any atom is -0.377 e. The lowest BCUT2D eigenvalue weighted by atomic mass is 10.0. The summed E-state index contributed by atoms with van der Waals surface area (Å²) in [6, 6.07) is 41.6. The molecule has 72 heavy (non-hydrogen) atoms. The highest BCUT2D eigenvalue weighted by Gasteiger charge is 2.04. The predicted molar refractivity (Wildman–Crippen MR) is 306 cm³/mol. The number of rotatable bonds is 48. The summed E-state index contributed by atoms with van der Waals surface area (Å²) < 4.78 is 23.0. The molecule has 0 bridgehead atoms. The van der Waals surface area contributed by atoms with E-state index in [2.05, 4.69) is 116 Å². The van der Waals surface area contributed by atoms with E-state index in [1.165, 1.54) is 195 Å². The molecule has 0 aromatic heterocycles. The first-order valence-corrected chi connectivity index (χ1v) is 29.3. The minimum atomic E-state index is 0.473. The molecule has 0 amide bonds. The lowest BCUT2D eigenvalue weighted by Gasteiger charge is -2.07. The second-order valence-electron chi connectivity index (χ2n) is 20.3. The molecule has 0 atom stereocenters. The van der Waals surface area contributed by atoms with E-state index >= 15 is 0 Å². The average Bonchev–Trinajstić information content (AvgIpc) is 3.41. The first-order valence-electron chi connectivity index (χ1n) is 29.3. The van der Waals surface area contributed by atoms with Crippen LogP contribution in [0.25, 0.3) is 0 Å². The quantitative estimate of drug-likeness (QED) is 0.0326. The van der Waals surface area contributed by atoms with E-state index in [9.17, 15) is 4.79 Å². The molecule has 0 heterocycles. The summed E-state index contributed by atoms with van der Waals surface area (Å²) in [4.78, 5) is 12.1. The van der Waals surface area contributed by atoms with Crippen molar-refractivity contribution in [3.63, 3.8) is 0 Å². The maximum absolute atomic E-state index is 12.1. The van der Waals surface area contributed by atoms with Crippen LogP contribution in [0.15, 0.2) is 133 Å². The number of hydrogen-bond acceptors (Lipinski definition) is 5. The number of unbranched alkanes of at least 4 members (excludes halogenated alkanes) is 24. The second kappa shape index (κ2) is 48.1. The first kappa shape index (κ1) is 62.4. The second-order valence-corrected chi connectivity index (χ2v) is 20.3. The zero-order chi connectivity index (χ0) is 50.7. The fraction of sp³-hybridized carbons (Fsp3) is 0.597. The van der Waals surface area contributed by atoms with Crippen LogP contribution in [0.2, 0.25) is 0 Å². The summed E-state index contributed by atoms with van der Waals surface area (Å²) in [7, 11) is 0. The molecule has 0 unspecified atom stereocenters. The lowest BCUT2D eigenvalue weighted by Crippen LogP contribution is -1.98. The maximum atomic E-state index is 12.1. The molecule has 5 heteroatoms. The maximum Gasteiger partial charge on any atom is 0.132 e. The van der Waals surface area contributed by atoms with Crippen molar-refractivity contribution in [3.8, 4) is 0 Å². The van der Waals surface area contributed by atoms with Gasteiger partial charge in [-0.05, 0) is 86.5 Å². The van der Waals surface area contributed by atoms with E-state index in [1.54, 1.807) is 0 Å². The van der Waals surface area contributed by atoms with Crippen LogP contribution in [0.1, 0.15) is 228 Å². The van der Waals surface area contributed by atoms with E-state index in [-0.39, 0.29) is 0 Å². The molecule has 0 radical (unpaired) electrons. The highest BCUT2D eigenvalue weighted by molar-refractivity contribution is 5.78. The van der Waals surface area contributed by atoms with Gasteiger partial charge in [-0.3, -0.25) is 4.79 Å².